The van der Waals surface area contributed by atoms with Gasteiger partial charge in [0.1, 0.15) is 29.9 Å². The summed E-state index contributed by atoms with van der Waals surface area (Å²) in [4.78, 5) is 28.2. The van der Waals surface area contributed by atoms with Crippen molar-refractivity contribution in [3.63, 3.8) is 0 Å². The topological polar surface area (TPSA) is 143 Å². The summed E-state index contributed by atoms with van der Waals surface area (Å²) in [6.45, 7) is 16.3. The molecular weight excluding hydrogens is 564 g/mol. The summed E-state index contributed by atoms with van der Waals surface area (Å²) in [5, 5.41) is 42.4. The van der Waals surface area contributed by atoms with Crippen LogP contribution >= 0.6 is 0 Å². The minimum atomic E-state index is -1.36. The van der Waals surface area contributed by atoms with Crippen LogP contribution in [0.5, 0.6) is 0 Å². The lowest BCUT2D eigenvalue weighted by Crippen LogP contribution is -2.65. The Morgan fingerprint density at radius 2 is 1.61 bits per heavy atom. The fourth-order valence-electron chi connectivity index (χ4n) is 10.9. The largest absolute Gasteiger partial charge is 0.483 e. The van der Waals surface area contributed by atoms with Crippen LogP contribution < -0.4 is 0 Å². The Bertz CT molecular complexity index is 1290. The summed E-state index contributed by atoms with van der Waals surface area (Å²) in [7, 11) is 0. The first-order valence-electron chi connectivity index (χ1n) is 16.5. The van der Waals surface area contributed by atoms with Crippen molar-refractivity contribution in [1.82, 2.24) is 0 Å². The molecule has 0 bridgehead atoms. The number of carbonyl (C=O) groups is 2. The fourth-order valence-corrected chi connectivity index (χ4v) is 10.9. The summed E-state index contributed by atoms with van der Waals surface area (Å²) in [5.41, 5.74) is -2.23. The molecule has 0 radical (unpaired) electrons. The lowest BCUT2D eigenvalue weighted by molar-refractivity contribution is -0.293. The summed E-state index contributed by atoms with van der Waals surface area (Å²) < 4.78 is 18.3. The van der Waals surface area contributed by atoms with Crippen LogP contribution in [0.15, 0.2) is 23.5 Å². The number of aliphatic hydroxyl groups is 4. The lowest BCUT2D eigenvalue weighted by Gasteiger charge is -2.65. The van der Waals surface area contributed by atoms with Crippen molar-refractivity contribution in [2.75, 3.05) is 6.61 Å². The lowest BCUT2D eigenvalue weighted by atomic mass is 9.38. The molecule has 0 aromatic carbocycles. The summed E-state index contributed by atoms with van der Waals surface area (Å²) in [5.74, 6) is 0.176. The van der Waals surface area contributed by atoms with E-state index in [-0.39, 0.29) is 48.5 Å². The quantitative estimate of drug-likeness (QED) is 0.349. The number of rotatable bonds is 4. The molecule has 2 aliphatic heterocycles. The molecule has 0 aromatic rings. The molecule has 0 amide bonds. The Labute approximate surface area is 261 Å². The smallest absolute Gasteiger partial charge is 0.202 e. The second kappa shape index (κ2) is 10.2. The van der Waals surface area contributed by atoms with E-state index in [1.807, 2.05) is 13.8 Å². The maximum atomic E-state index is 14.7. The third kappa shape index (κ3) is 4.11. The third-order valence-electron chi connectivity index (χ3n) is 13.6. The Morgan fingerprint density at radius 1 is 0.932 bits per heavy atom. The second-order valence-corrected chi connectivity index (χ2v) is 16.4. The van der Waals surface area contributed by atoms with Crippen LogP contribution in [-0.4, -0.2) is 81.0 Å². The Balaban J connectivity index is 1.31. The van der Waals surface area contributed by atoms with Gasteiger partial charge in [0, 0.05) is 35.2 Å². The molecule has 6 aliphatic rings. The number of ether oxygens (including phenoxy) is 3. The molecule has 9 nitrogen and oxygen atoms in total. The van der Waals surface area contributed by atoms with Gasteiger partial charge >= 0.3 is 0 Å². The highest BCUT2D eigenvalue weighted by atomic mass is 16.7. The molecule has 4 N–H and O–H groups in total. The van der Waals surface area contributed by atoms with Crippen LogP contribution in [0, 0.1) is 45.3 Å². The number of hydrogen-bond acceptors (Lipinski definition) is 9. The number of fused-ring (bicyclic) bond motifs is 5. The van der Waals surface area contributed by atoms with E-state index in [1.165, 1.54) is 5.57 Å². The first-order valence-corrected chi connectivity index (χ1v) is 16.5. The molecule has 3 saturated carbocycles. The van der Waals surface area contributed by atoms with Crippen LogP contribution in [0.2, 0.25) is 0 Å². The molecular formula is C35H52O9. The van der Waals surface area contributed by atoms with Crippen LogP contribution in [-0.2, 0) is 23.8 Å². The molecule has 4 aliphatic carbocycles. The highest BCUT2D eigenvalue weighted by Gasteiger charge is 2.75. The zero-order valence-corrected chi connectivity index (χ0v) is 27.5. The molecule has 6 rings (SSSR count). The normalized spacial score (nSPS) is 51.7. The summed E-state index contributed by atoms with van der Waals surface area (Å²) in [6, 6.07) is 0. The van der Waals surface area contributed by atoms with Crippen molar-refractivity contribution in [2.45, 2.75) is 130 Å². The monoisotopic (exact) mass is 616 g/mol. The van der Waals surface area contributed by atoms with Crippen molar-refractivity contribution >= 4 is 11.6 Å². The minimum absolute atomic E-state index is 0.0139. The van der Waals surface area contributed by atoms with Gasteiger partial charge in [0.15, 0.2) is 11.9 Å². The van der Waals surface area contributed by atoms with E-state index < -0.39 is 63.9 Å². The van der Waals surface area contributed by atoms with Crippen molar-refractivity contribution in [2.24, 2.45) is 45.3 Å². The Kier molecular flexibility index (Phi) is 7.48. The van der Waals surface area contributed by atoms with Gasteiger partial charge in [-0.3, -0.25) is 9.59 Å². The minimum Gasteiger partial charge on any atom is -0.483 e. The average molecular weight is 617 g/mol. The number of carbonyl (C=O) groups excluding carboxylic acids is 2. The highest BCUT2D eigenvalue weighted by Crippen LogP contribution is 2.74. The predicted octanol–water partition coefficient (Wildman–Crippen LogP) is 3.46. The Morgan fingerprint density at radius 3 is 2.25 bits per heavy atom. The van der Waals surface area contributed by atoms with Gasteiger partial charge < -0.3 is 34.6 Å². The van der Waals surface area contributed by atoms with E-state index >= 15 is 0 Å². The number of Topliss-reactive ketones (excluding diaryl/α,β-unsaturated/α-hetero) is 1. The molecule has 2 heterocycles. The number of hydrogen-bond donors (Lipinski definition) is 4. The van der Waals surface area contributed by atoms with E-state index in [4.69, 9.17) is 14.2 Å². The fraction of sp³-hybridized carbons (Fsp3) is 0.829. The van der Waals surface area contributed by atoms with Gasteiger partial charge in [0.05, 0.1) is 18.8 Å². The molecule has 4 fully saturated rings. The molecule has 13 atom stereocenters. The van der Waals surface area contributed by atoms with E-state index in [9.17, 15) is 30.0 Å². The van der Waals surface area contributed by atoms with Crippen LogP contribution in [0.25, 0.3) is 0 Å². The van der Waals surface area contributed by atoms with Crippen molar-refractivity contribution in [3.8, 4) is 0 Å². The highest BCUT2D eigenvalue weighted by molar-refractivity contribution is 6.00. The van der Waals surface area contributed by atoms with Crippen LogP contribution in [0.1, 0.15) is 87.5 Å². The number of ketones is 2. The van der Waals surface area contributed by atoms with E-state index in [1.54, 1.807) is 13.0 Å². The van der Waals surface area contributed by atoms with E-state index in [2.05, 4.69) is 40.7 Å². The number of allylic oxidation sites excluding steroid dienone is 2. The number of aliphatic hydroxyl groups excluding tert-OH is 4. The van der Waals surface area contributed by atoms with Crippen molar-refractivity contribution in [3.05, 3.63) is 23.5 Å². The van der Waals surface area contributed by atoms with Gasteiger partial charge in [0.25, 0.3) is 0 Å². The van der Waals surface area contributed by atoms with Gasteiger partial charge in [-0.15, -0.1) is 0 Å². The molecule has 44 heavy (non-hydrogen) atoms. The standard InChI is InChI=1S/C35H52O9/c1-17(2)22-13-24(38)35(8,44-22)29-20(36)14-32(5)23-11-9-18-19(34(23,7)25(39)15-33(29,32)6)10-12-26(31(18,3)4)43-30-28(41)27(40)21(37)16-42-30/h9,13,17,19-21,23,26-30,36-37,40-41H,10-12,14-16H2,1-8H3/t19-,20?,21-,23+,26?,27+,28-,29+,30+,32+,33-,34+,35+/m1/s1. The zero-order chi connectivity index (χ0) is 32.4. The van der Waals surface area contributed by atoms with E-state index in [0.717, 1.165) is 0 Å². The van der Waals surface area contributed by atoms with Crippen LogP contribution in [0.4, 0.5) is 0 Å². The van der Waals surface area contributed by atoms with Gasteiger partial charge in [-0.1, -0.05) is 60.1 Å². The van der Waals surface area contributed by atoms with Crippen molar-refractivity contribution in [1.29, 1.82) is 0 Å². The molecule has 0 aromatic heterocycles. The average Bonchev–Trinajstić information content (AvgIpc) is 3.34. The van der Waals surface area contributed by atoms with Crippen molar-refractivity contribution < 1.29 is 44.2 Å². The maximum absolute atomic E-state index is 14.7. The Hall–Kier alpha value is -1.62. The maximum Gasteiger partial charge on any atom is 0.202 e. The predicted molar refractivity (Wildman–Crippen MR) is 161 cm³/mol. The first kappa shape index (κ1) is 32.3. The molecule has 9 heteroatoms. The molecule has 0 spiro atoms. The first-order chi connectivity index (χ1) is 20.3. The van der Waals surface area contributed by atoms with Gasteiger partial charge in [-0.25, -0.2) is 0 Å². The SMILES string of the molecule is CC(C)C1=CC(=O)[C@@](C)([C@H]2C(O)C[C@@]3(C)[C@@H]4CC=C5[C@@H](CCC(O[C@@H]6OC[C@@H](O)[C@H](O)[C@H]6O)C5(C)C)[C@]4(C)C(=O)C[C@]23C)O1. The van der Waals surface area contributed by atoms with Gasteiger partial charge in [-0.05, 0) is 55.3 Å². The van der Waals surface area contributed by atoms with Gasteiger partial charge in [0.2, 0.25) is 5.78 Å². The van der Waals surface area contributed by atoms with Crippen LogP contribution in [0.3, 0.4) is 0 Å². The second-order valence-electron chi connectivity index (χ2n) is 16.4. The molecule has 2 unspecified atom stereocenters. The van der Waals surface area contributed by atoms with Gasteiger partial charge in [-0.2, -0.15) is 0 Å². The zero-order valence-electron chi connectivity index (χ0n) is 27.5. The van der Waals surface area contributed by atoms with E-state index in [0.29, 0.717) is 31.4 Å². The summed E-state index contributed by atoms with van der Waals surface area (Å²) in [6.07, 6.45) is 0.633. The summed E-state index contributed by atoms with van der Waals surface area (Å²) >= 11 is 0. The molecule has 246 valence electrons. The third-order valence-corrected chi connectivity index (χ3v) is 13.6. The molecule has 1 saturated heterocycles.